The summed E-state index contributed by atoms with van der Waals surface area (Å²) < 4.78 is 22.2. The van der Waals surface area contributed by atoms with E-state index in [0.717, 1.165) is 33.8 Å². The van der Waals surface area contributed by atoms with Crippen LogP contribution in [0.1, 0.15) is 59.4 Å². The molecule has 0 unspecified atom stereocenters. The summed E-state index contributed by atoms with van der Waals surface area (Å²) in [5, 5.41) is 80.5. The van der Waals surface area contributed by atoms with Gasteiger partial charge in [-0.15, -0.1) is 0 Å². The molecule has 12 nitrogen and oxygen atoms in total. The fourth-order valence-electron chi connectivity index (χ4n) is 6.75. The number of ether oxygens (including phenoxy) is 4. The van der Waals surface area contributed by atoms with Gasteiger partial charge in [-0.3, -0.25) is 0 Å². The summed E-state index contributed by atoms with van der Waals surface area (Å²) in [5.74, 6) is 1.60. The summed E-state index contributed by atoms with van der Waals surface area (Å²) >= 11 is 12.7. The Morgan fingerprint density at radius 3 is 1.18 bits per heavy atom. The number of benzene rings is 4. The highest BCUT2D eigenvalue weighted by Crippen LogP contribution is 2.36. The minimum absolute atomic E-state index is 0.464. The molecule has 2 aliphatic heterocycles. The van der Waals surface area contributed by atoms with E-state index in [1.807, 2.05) is 74.5 Å². The van der Waals surface area contributed by atoms with Gasteiger partial charge in [0.2, 0.25) is 0 Å². The molecule has 0 radical (unpaired) electrons. The summed E-state index contributed by atoms with van der Waals surface area (Å²) in [6, 6.07) is 25.9. The third kappa shape index (κ3) is 10.6. The van der Waals surface area contributed by atoms with Crippen LogP contribution < -0.4 is 9.47 Å². The molecule has 2 aliphatic rings. The van der Waals surface area contributed by atoms with E-state index in [-0.39, 0.29) is 0 Å². The second kappa shape index (κ2) is 20.4. The fraction of sp³-hybridized carbons (Fsp3) is 0.429. The van der Waals surface area contributed by atoms with Crippen molar-refractivity contribution in [1.82, 2.24) is 0 Å². The fourth-order valence-corrected chi connectivity index (χ4v) is 7.12. The first-order valence-corrected chi connectivity index (χ1v) is 19.3. The van der Waals surface area contributed by atoms with Crippen molar-refractivity contribution in [3.05, 3.63) is 128 Å². The quantitative estimate of drug-likeness (QED) is 0.103. The number of aliphatic hydroxyl groups is 8. The van der Waals surface area contributed by atoms with E-state index in [1.54, 1.807) is 24.3 Å². The number of hydrogen-bond donors (Lipinski definition) is 8. The van der Waals surface area contributed by atoms with Gasteiger partial charge in [0, 0.05) is 10.0 Å². The van der Waals surface area contributed by atoms with E-state index < -0.39 is 74.3 Å². The van der Waals surface area contributed by atoms with E-state index >= 15 is 0 Å². The van der Waals surface area contributed by atoms with E-state index in [1.165, 1.54) is 0 Å². The van der Waals surface area contributed by atoms with Crippen LogP contribution in [0.2, 0.25) is 10.0 Å². The highest BCUT2D eigenvalue weighted by Gasteiger charge is 2.45. The van der Waals surface area contributed by atoms with Crippen LogP contribution in [0.5, 0.6) is 11.5 Å². The van der Waals surface area contributed by atoms with E-state index in [9.17, 15) is 40.9 Å². The van der Waals surface area contributed by atoms with E-state index in [0.29, 0.717) is 47.2 Å². The molecule has 4 aromatic carbocycles. The van der Waals surface area contributed by atoms with Gasteiger partial charge < -0.3 is 59.8 Å². The highest BCUT2D eigenvalue weighted by atomic mass is 35.5. The Balaban J connectivity index is 0.000000214. The maximum absolute atomic E-state index is 10.3. The maximum Gasteiger partial charge on any atom is 0.119 e. The van der Waals surface area contributed by atoms with Crippen molar-refractivity contribution in [3.63, 3.8) is 0 Å². The zero-order chi connectivity index (χ0) is 40.5. The minimum atomic E-state index is -1.42. The second-order valence-corrected chi connectivity index (χ2v) is 14.5. The molecule has 0 aliphatic carbocycles. The number of aliphatic hydroxyl groups excluding tert-OH is 8. The Bertz CT molecular complexity index is 1690. The number of rotatable bonds is 12. The van der Waals surface area contributed by atoms with Crippen molar-refractivity contribution in [1.29, 1.82) is 0 Å². The Morgan fingerprint density at radius 1 is 0.500 bits per heavy atom. The average molecular weight is 818 g/mol. The Hall–Kier alpha value is -3.34. The summed E-state index contributed by atoms with van der Waals surface area (Å²) in [4.78, 5) is 0. The minimum Gasteiger partial charge on any atom is -0.494 e. The largest absolute Gasteiger partial charge is 0.494 e. The summed E-state index contributed by atoms with van der Waals surface area (Å²) in [6.07, 6.45) is -10.8. The van der Waals surface area contributed by atoms with Gasteiger partial charge in [-0.2, -0.15) is 0 Å². The van der Waals surface area contributed by atoms with Gasteiger partial charge >= 0.3 is 0 Å². The molecular weight excluding hydrogens is 767 g/mol. The zero-order valence-corrected chi connectivity index (χ0v) is 32.6. The SMILES string of the molecule is CCOc1ccc(Cc2cc([C@@H]3O[C@H](CO)[C@@H](O)[C@H](O)[C@H]3O)ccc2Cl)cc1.CCOc1ccc(Cc2cc([C@@H]3O[C@H](CO)[C@@H](O)[C@H](O)[C@H]3O)ccc2Cl)cc1. The lowest BCUT2D eigenvalue weighted by molar-refractivity contribution is -0.231. The normalized spacial score (nSPS) is 27.6. The zero-order valence-electron chi connectivity index (χ0n) is 31.1. The van der Waals surface area contributed by atoms with Crippen LogP contribution in [0.4, 0.5) is 0 Å². The predicted molar refractivity (Wildman–Crippen MR) is 209 cm³/mol. The lowest BCUT2D eigenvalue weighted by Crippen LogP contribution is -2.55. The number of hydrogen-bond acceptors (Lipinski definition) is 12. The van der Waals surface area contributed by atoms with Crippen LogP contribution in [0.3, 0.4) is 0 Å². The van der Waals surface area contributed by atoms with Crippen LogP contribution in [-0.2, 0) is 22.3 Å². The first-order chi connectivity index (χ1) is 26.9. The molecule has 2 heterocycles. The molecule has 10 atom stereocenters. The van der Waals surface area contributed by atoms with E-state index in [2.05, 4.69) is 0 Å². The molecule has 8 N–H and O–H groups in total. The predicted octanol–water partition coefficient (Wildman–Crippen LogP) is 3.69. The summed E-state index contributed by atoms with van der Waals surface area (Å²) in [6.45, 7) is 4.14. The molecular formula is C42H50Cl2O12. The van der Waals surface area contributed by atoms with Crippen molar-refractivity contribution in [2.24, 2.45) is 0 Å². The smallest absolute Gasteiger partial charge is 0.119 e. The van der Waals surface area contributed by atoms with Crippen LogP contribution in [0, 0.1) is 0 Å². The molecule has 56 heavy (non-hydrogen) atoms. The van der Waals surface area contributed by atoms with Crippen LogP contribution in [0.15, 0.2) is 84.9 Å². The topological polar surface area (TPSA) is 199 Å². The van der Waals surface area contributed by atoms with E-state index in [4.69, 9.17) is 42.1 Å². The van der Waals surface area contributed by atoms with Gasteiger partial charge in [0.25, 0.3) is 0 Å². The molecule has 0 bridgehead atoms. The van der Waals surface area contributed by atoms with Gasteiger partial charge in [-0.1, -0.05) is 71.7 Å². The van der Waals surface area contributed by atoms with Crippen LogP contribution in [-0.4, -0.2) is 116 Å². The monoisotopic (exact) mass is 816 g/mol. The summed E-state index contributed by atoms with van der Waals surface area (Å²) in [5.41, 5.74) is 4.97. The van der Waals surface area contributed by atoms with Crippen molar-refractivity contribution in [2.45, 2.75) is 87.7 Å². The molecule has 0 spiro atoms. The standard InChI is InChI=1S/2C21H25ClO6/c2*1-2-27-15-6-3-12(4-7-15)9-14-10-13(5-8-16(14)22)21-20(26)19(25)18(24)17(11-23)28-21/h2*3-8,10,17-21,23-26H,2,9,11H2,1H3/t2*17-,18-,19+,20-,21+/m11/s1. The van der Waals surface area contributed by atoms with Gasteiger partial charge in [-0.25, -0.2) is 0 Å². The maximum atomic E-state index is 10.3. The average Bonchev–Trinajstić information content (AvgIpc) is 3.20. The first kappa shape index (κ1) is 43.8. The molecule has 0 amide bonds. The van der Waals surface area contributed by atoms with Crippen molar-refractivity contribution in [2.75, 3.05) is 26.4 Å². The Morgan fingerprint density at radius 2 is 0.857 bits per heavy atom. The second-order valence-electron chi connectivity index (χ2n) is 13.7. The first-order valence-electron chi connectivity index (χ1n) is 18.5. The molecule has 304 valence electrons. The van der Waals surface area contributed by atoms with Crippen LogP contribution in [0.25, 0.3) is 0 Å². The molecule has 6 rings (SSSR count). The lowest BCUT2D eigenvalue weighted by Gasteiger charge is -2.40. The van der Waals surface area contributed by atoms with Crippen molar-refractivity contribution in [3.8, 4) is 11.5 Å². The molecule has 2 fully saturated rings. The number of halogens is 2. The molecule has 14 heteroatoms. The Kier molecular flexibility index (Phi) is 15.9. The molecule has 0 saturated carbocycles. The van der Waals surface area contributed by atoms with Crippen molar-refractivity contribution < 1.29 is 59.8 Å². The van der Waals surface area contributed by atoms with Gasteiger partial charge in [0.05, 0.1) is 26.4 Å². The highest BCUT2D eigenvalue weighted by molar-refractivity contribution is 6.31. The van der Waals surface area contributed by atoms with Gasteiger partial charge in [0.1, 0.15) is 72.5 Å². The lowest BCUT2D eigenvalue weighted by atomic mass is 9.90. The van der Waals surface area contributed by atoms with Crippen LogP contribution >= 0.6 is 23.2 Å². The third-order valence-electron chi connectivity index (χ3n) is 9.84. The molecule has 4 aromatic rings. The summed E-state index contributed by atoms with van der Waals surface area (Å²) in [7, 11) is 0. The molecule has 2 saturated heterocycles. The Labute approximate surface area is 336 Å². The van der Waals surface area contributed by atoms with Gasteiger partial charge in [-0.05, 0) is 96.5 Å². The third-order valence-corrected chi connectivity index (χ3v) is 10.6. The molecule has 0 aromatic heterocycles. The van der Waals surface area contributed by atoms with Crippen molar-refractivity contribution >= 4 is 23.2 Å². The van der Waals surface area contributed by atoms with Gasteiger partial charge in [0.15, 0.2) is 0 Å².